The van der Waals surface area contributed by atoms with Gasteiger partial charge in [-0.2, -0.15) is 8.78 Å². The first-order chi connectivity index (χ1) is 14.9. The van der Waals surface area contributed by atoms with Crippen molar-refractivity contribution in [2.75, 3.05) is 25.7 Å². The topological polar surface area (TPSA) is 106 Å². The molecule has 3 rings (SSSR count). The van der Waals surface area contributed by atoms with Crippen LogP contribution in [0, 0.1) is 6.92 Å². The Morgan fingerprint density at radius 1 is 1.25 bits per heavy atom. The molecule has 174 valence electrons. The van der Waals surface area contributed by atoms with Crippen LogP contribution in [-0.2, 0) is 11.3 Å². The van der Waals surface area contributed by atoms with E-state index < -0.39 is 6.61 Å². The maximum absolute atomic E-state index is 12.7. The Balaban J connectivity index is 0.00000363. The Bertz CT molecular complexity index is 962. The van der Waals surface area contributed by atoms with Gasteiger partial charge in [-0.15, -0.1) is 24.0 Å². The summed E-state index contributed by atoms with van der Waals surface area (Å²) in [6, 6.07) is 8.30. The highest BCUT2D eigenvalue weighted by atomic mass is 127. The highest BCUT2D eigenvalue weighted by Gasteiger charge is 2.20. The van der Waals surface area contributed by atoms with E-state index in [0.29, 0.717) is 35.4 Å². The minimum absolute atomic E-state index is 0. The molecule has 1 aromatic carbocycles. The highest BCUT2D eigenvalue weighted by molar-refractivity contribution is 14.0. The number of pyridine rings is 1. The quantitative estimate of drug-likeness (QED) is 0.258. The number of anilines is 1. The van der Waals surface area contributed by atoms with Gasteiger partial charge in [0.1, 0.15) is 11.6 Å². The van der Waals surface area contributed by atoms with Gasteiger partial charge in [-0.1, -0.05) is 6.07 Å². The lowest BCUT2D eigenvalue weighted by Crippen LogP contribution is -2.38. The van der Waals surface area contributed by atoms with E-state index in [9.17, 15) is 13.6 Å². The van der Waals surface area contributed by atoms with E-state index in [1.807, 2.05) is 19.1 Å². The number of carbonyl (C=O) groups excluding carboxylic acids is 1. The van der Waals surface area contributed by atoms with Crippen molar-refractivity contribution in [1.29, 1.82) is 0 Å². The molecule has 1 aromatic heterocycles. The zero-order valence-electron chi connectivity index (χ0n) is 17.5. The lowest BCUT2D eigenvalue weighted by Gasteiger charge is -2.15. The van der Waals surface area contributed by atoms with Crippen LogP contribution in [0.2, 0.25) is 0 Å². The number of ether oxygens (including phenoxy) is 3. The fourth-order valence-corrected chi connectivity index (χ4v) is 2.82. The number of amides is 1. The number of hydrogen-bond acceptors (Lipinski definition) is 6. The Morgan fingerprint density at radius 3 is 2.69 bits per heavy atom. The molecule has 0 atom stereocenters. The van der Waals surface area contributed by atoms with Crippen molar-refractivity contribution in [2.24, 2.45) is 4.99 Å². The van der Waals surface area contributed by atoms with Crippen molar-refractivity contribution >= 4 is 41.7 Å². The average molecular weight is 563 g/mol. The number of aromatic nitrogens is 1. The number of nitrogens with zero attached hydrogens (tertiary/aromatic N) is 2. The van der Waals surface area contributed by atoms with Crippen molar-refractivity contribution in [3.63, 3.8) is 0 Å². The molecule has 12 heteroatoms. The summed E-state index contributed by atoms with van der Waals surface area (Å²) in [5.41, 5.74) is 1.25. The zero-order chi connectivity index (χ0) is 22.2. The van der Waals surface area contributed by atoms with Crippen molar-refractivity contribution in [1.82, 2.24) is 15.6 Å². The number of aryl methyl sites for hydroxylation is 1. The van der Waals surface area contributed by atoms with Gasteiger partial charge in [0.25, 0.3) is 0 Å². The van der Waals surface area contributed by atoms with Crippen molar-refractivity contribution in [2.45, 2.75) is 26.5 Å². The largest absolute Gasteiger partial charge is 0.454 e. The highest BCUT2D eigenvalue weighted by Crippen LogP contribution is 2.38. The first kappa shape index (κ1) is 25.4. The molecule has 0 fully saturated rings. The normalized spacial score (nSPS) is 12.2. The van der Waals surface area contributed by atoms with Gasteiger partial charge in [-0.25, -0.2) is 4.98 Å². The van der Waals surface area contributed by atoms with E-state index in [4.69, 9.17) is 9.47 Å². The van der Waals surface area contributed by atoms with Crippen LogP contribution < -0.4 is 30.2 Å². The number of hydrogen-bond donors (Lipinski definition) is 3. The van der Waals surface area contributed by atoms with Crippen molar-refractivity contribution < 1.29 is 27.8 Å². The van der Waals surface area contributed by atoms with Gasteiger partial charge in [0, 0.05) is 43.9 Å². The van der Waals surface area contributed by atoms with E-state index in [1.165, 1.54) is 6.07 Å². The minimum Gasteiger partial charge on any atom is -0.454 e. The predicted octanol–water partition coefficient (Wildman–Crippen LogP) is 3.03. The molecule has 0 aliphatic carbocycles. The molecule has 2 aromatic rings. The third kappa shape index (κ3) is 7.35. The number of carbonyl (C=O) groups is 1. The summed E-state index contributed by atoms with van der Waals surface area (Å²) in [7, 11) is 1.56. The summed E-state index contributed by atoms with van der Waals surface area (Å²) in [6.07, 6.45) is 0.181. The summed E-state index contributed by atoms with van der Waals surface area (Å²) in [5, 5.41) is 8.71. The van der Waals surface area contributed by atoms with Crippen LogP contribution in [-0.4, -0.2) is 43.8 Å². The van der Waals surface area contributed by atoms with E-state index in [2.05, 4.69) is 30.7 Å². The Hall–Kier alpha value is -2.90. The van der Waals surface area contributed by atoms with Gasteiger partial charge in [-0.05, 0) is 25.1 Å². The third-order valence-electron chi connectivity index (χ3n) is 4.24. The van der Waals surface area contributed by atoms with Gasteiger partial charge in [0.05, 0.1) is 0 Å². The van der Waals surface area contributed by atoms with Crippen molar-refractivity contribution in [3.8, 4) is 17.2 Å². The summed E-state index contributed by atoms with van der Waals surface area (Å²) in [5.74, 6) is 1.44. The molecular formula is C20H24F2IN5O4. The molecule has 0 radical (unpaired) electrons. The number of nitrogens with one attached hydrogen (secondary N) is 3. The first-order valence-corrected chi connectivity index (χ1v) is 9.50. The molecule has 32 heavy (non-hydrogen) atoms. The lowest BCUT2D eigenvalue weighted by molar-refractivity contribution is -0.116. The number of alkyl halides is 2. The second-order valence-corrected chi connectivity index (χ2v) is 6.51. The lowest BCUT2D eigenvalue weighted by atomic mass is 10.1. The summed E-state index contributed by atoms with van der Waals surface area (Å²) >= 11 is 0. The van der Waals surface area contributed by atoms with E-state index >= 15 is 0 Å². The van der Waals surface area contributed by atoms with Crippen LogP contribution in [0.1, 0.15) is 17.7 Å². The summed E-state index contributed by atoms with van der Waals surface area (Å²) in [6.45, 7) is -0.677. The van der Waals surface area contributed by atoms with Crippen LogP contribution in [0.15, 0.2) is 35.3 Å². The summed E-state index contributed by atoms with van der Waals surface area (Å²) < 4.78 is 40.6. The van der Waals surface area contributed by atoms with Gasteiger partial charge >= 0.3 is 6.61 Å². The molecule has 0 spiro atoms. The fourth-order valence-electron chi connectivity index (χ4n) is 2.82. The number of benzene rings is 1. The van der Waals surface area contributed by atoms with Crippen LogP contribution in [0.5, 0.6) is 17.2 Å². The molecule has 3 N–H and O–H groups in total. The number of rotatable bonds is 8. The van der Waals surface area contributed by atoms with Crippen LogP contribution in [0.4, 0.5) is 14.6 Å². The summed E-state index contributed by atoms with van der Waals surface area (Å²) in [4.78, 5) is 20.3. The molecule has 1 amide bonds. The molecule has 1 aliphatic heterocycles. The number of guanidine groups is 1. The molecule has 9 nitrogen and oxygen atoms in total. The van der Waals surface area contributed by atoms with Crippen molar-refractivity contribution in [3.05, 3.63) is 41.6 Å². The molecule has 0 unspecified atom stereocenters. The zero-order valence-corrected chi connectivity index (χ0v) is 19.8. The van der Waals surface area contributed by atoms with Crippen LogP contribution in [0.25, 0.3) is 0 Å². The third-order valence-corrected chi connectivity index (χ3v) is 4.24. The Labute approximate surface area is 201 Å². The average Bonchev–Trinajstić information content (AvgIpc) is 3.17. The molecule has 0 saturated carbocycles. The van der Waals surface area contributed by atoms with Crippen LogP contribution in [0.3, 0.4) is 0 Å². The first-order valence-electron chi connectivity index (χ1n) is 9.50. The number of fused-ring (bicyclic) bond motifs is 1. The van der Waals surface area contributed by atoms with E-state index in [1.54, 1.807) is 19.2 Å². The van der Waals surface area contributed by atoms with E-state index in [-0.39, 0.29) is 55.4 Å². The van der Waals surface area contributed by atoms with Gasteiger partial charge in [-0.3, -0.25) is 9.79 Å². The molecule has 2 heterocycles. The fraction of sp³-hybridized carbons (Fsp3) is 0.350. The maximum Gasteiger partial charge on any atom is 0.387 e. The second-order valence-electron chi connectivity index (χ2n) is 6.51. The van der Waals surface area contributed by atoms with Gasteiger partial charge < -0.3 is 30.2 Å². The molecule has 1 aliphatic rings. The molecular weight excluding hydrogens is 539 g/mol. The van der Waals surface area contributed by atoms with Crippen LogP contribution >= 0.6 is 24.0 Å². The minimum atomic E-state index is -2.97. The smallest absolute Gasteiger partial charge is 0.387 e. The number of aliphatic imine (C=N–C) groups is 1. The van der Waals surface area contributed by atoms with Gasteiger partial charge in [0.15, 0.2) is 17.5 Å². The Morgan fingerprint density at radius 2 is 2.00 bits per heavy atom. The predicted molar refractivity (Wildman–Crippen MR) is 125 cm³/mol. The molecule has 0 saturated heterocycles. The SMILES string of the molecule is CN=C(NCCC(=O)Nc1cccc(C)n1)NCc1cc2c(cc1OC(F)F)OCO2.I. The monoisotopic (exact) mass is 563 g/mol. The standard InChI is InChI=1S/C20H23F2N5O4.HI/c1-12-4-3-5-17(26-12)27-18(28)6-7-24-20(23-2)25-10-13-8-15-16(30-11-29-15)9-14(13)31-19(21)22;/h3-5,8-9,19H,6-7,10-11H2,1-2H3,(H2,23,24,25)(H,26,27,28);1H. The second kappa shape index (κ2) is 12.2. The maximum atomic E-state index is 12.7. The van der Waals surface area contributed by atoms with E-state index in [0.717, 1.165) is 5.69 Å². The number of halogens is 3. The molecule has 0 bridgehead atoms. The Kier molecular flexibility index (Phi) is 9.68. The van der Waals surface area contributed by atoms with Gasteiger partial charge in [0.2, 0.25) is 12.7 Å².